The number of aromatic nitrogens is 3. The van der Waals surface area contributed by atoms with E-state index in [1.807, 2.05) is 25.3 Å². The molecular weight excluding hydrogens is 453 g/mol. The monoisotopic (exact) mass is 477 g/mol. The van der Waals surface area contributed by atoms with Crippen molar-refractivity contribution in [1.82, 2.24) is 20.1 Å². The summed E-state index contributed by atoms with van der Waals surface area (Å²) >= 11 is 6.04. The summed E-state index contributed by atoms with van der Waals surface area (Å²) in [6.45, 7) is 7.74. The molecule has 1 aromatic heterocycles. The van der Waals surface area contributed by atoms with Crippen molar-refractivity contribution in [3.05, 3.63) is 59.1 Å². The van der Waals surface area contributed by atoms with Crippen LogP contribution in [-0.2, 0) is 15.4 Å². The summed E-state index contributed by atoms with van der Waals surface area (Å²) in [5.41, 5.74) is 1.30. The Morgan fingerprint density at radius 3 is 2.56 bits per heavy atom. The van der Waals surface area contributed by atoms with Crippen LogP contribution in [0.25, 0.3) is 11.4 Å². The largest absolute Gasteiger partial charge is 0.315 e. The fraction of sp³-hybridized carbons (Fsp3) is 0.364. The highest BCUT2D eigenvalue weighted by Crippen LogP contribution is 2.35. The number of sulfonamides is 1. The number of nitrogens with one attached hydrogen (secondary N) is 2. The van der Waals surface area contributed by atoms with Crippen molar-refractivity contribution in [3.63, 3.8) is 0 Å². The number of nitrogens with zero attached hydrogens (tertiary/aromatic N) is 3. The zero-order chi connectivity index (χ0) is 23.1. The van der Waals surface area contributed by atoms with Gasteiger partial charge in [0.1, 0.15) is 12.1 Å². The highest BCUT2D eigenvalue weighted by molar-refractivity contribution is 7.92. The molecule has 1 fully saturated rings. The molecule has 1 saturated heterocycles. The molecule has 1 atom stereocenters. The van der Waals surface area contributed by atoms with Crippen molar-refractivity contribution in [3.8, 4) is 11.4 Å². The van der Waals surface area contributed by atoms with E-state index in [0.717, 1.165) is 31.1 Å². The minimum absolute atomic E-state index is 0.0482. The number of benzene rings is 2. The van der Waals surface area contributed by atoms with Gasteiger partial charge in [-0.25, -0.2) is 12.8 Å². The lowest BCUT2D eigenvalue weighted by Crippen LogP contribution is -2.17. The molecule has 2 heterocycles. The van der Waals surface area contributed by atoms with Crippen LogP contribution >= 0.6 is 11.6 Å². The van der Waals surface area contributed by atoms with Crippen LogP contribution < -0.4 is 10.0 Å². The van der Waals surface area contributed by atoms with Crippen LogP contribution in [0.5, 0.6) is 0 Å². The Morgan fingerprint density at radius 1 is 1.22 bits per heavy atom. The lowest BCUT2D eigenvalue weighted by molar-refractivity contribution is 0.550. The van der Waals surface area contributed by atoms with E-state index in [4.69, 9.17) is 11.6 Å². The third kappa shape index (κ3) is 4.51. The molecular formula is C22H25ClFN5O2S. The Kier molecular flexibility index (Phi) is 6.00. The average molecular weight is 478 g/mol. The summed E-state index contributed by atoms with van der Waals surface area (Å²) < 4.78 is 44.9. The van der Waals surface area contributed by atoms with Crippen molar-refractivity contribution < 1.29 is 12.8 Å². The Labute approximate surface area is 192 Å². The molecule has 1 aliphatic heterocycles. The van der Waals surface area contributed by atoms with Crippen molar-refractivity contribution in [2.45, 2.75) is 43.5 Å². The fourth-order valence-electron chi connectivity index (χ4n) is 3.73. The molecule has 0 amide bonds. The van der Waals surface area contributed by atoms with Crippen LogP contribution in [0.2, 0.25) is 5.02 Å². The van der Waals surface area contributed by atoms with Gasteiger partial charge in [0.05, 0.1) is 21.6 Å². The second-order valence-electron chi connectivity index (χ2n) is 8.90. The summed E-state index contributed by atoms with van der Waals surface area (Å²) in [4.78, 5) is 0.0771. The zero-order valence-electron chi connectivity index (χ0n) is 18.1. The van der Waals surface area contributed by atoms with Crippen molar-refractivity contribution in [1.29, 1.82) is 0 Å². The van der Waals surface area contributed by atoms with Gasteiger partial charge in [-0.2, -0.15) is 0 Å². The molecule has 0 aliphatic carbocycles. The topological polar surface area (TPSA) is 88.9 Å². The molecule has 4 rings (SSSR count). The molecule has 2 N–H and O–H groups in total. The Morgan fingerprint density at radius 2 is 1.94 bits per heavy atom. The van der Waals surface area contributed by atoms with Crippen LogP contribution in [0.15, 0.2) is 47.6 Å². The molecule has 3 aromatic rings. The molecule has 0 radical (unpaired) electrons. The Hall–Kier alpha value is -2.49. The fourth-order valence-corrected chi connectivity index (χ4v) is 4.97. The molecule has 0 spiro atoms. The highest BCUT2D eigenvalue weighted by atomic mass is 35.5. The second kappa shape index (κ2) is 8.46. The summed E-state index contributed by atoms with van der Waals surface area (Å²) in [5, 5.41) is 11.3. The third-order valence-electron chi connectivity index (χ3n) is 5.58. The SMILES string of the molecule is CC(C)(C)c1ccc(S(=O)(=O)Nc2cc(F)c(Cl)cc2-c2nncn2C2CCNC2)cc1. The van der Waals surface area contributed by atoms with E-state index >= 15 is 0 Å². The van der Waals surface area contributed by atoms with Crippen LogP contribution in [0.3, 0.4) is 0 Å². The van der Waals surface area contributed by atoms with E-state index < -0.39 is 15.8 Å². The van der Waals surface area contributed by atoms with Gasteiger partial charge in [0, 0.05) is 18.2 Å². The number of hydrogen-bond donors (Lipinski definition) is 2. The number of hydrogen-bond acceptors (Lipinski definition) is 5. The first-order valence-electron chi connectivity index (χ1n) is 10.3. The second-order valence-corrected chi connectivity index (χ2v) is 11.0. The summed E-state index contributed by atoms with van der Waals surface area (Å²) in [5.74, 6) is -0.314. The molecule has 0 saturated carbocycles. The van der Waals surface area contributed by atoms with Crippen LogP contribution in [-0.4, -0.2) is 36.3 Å². The smallest absolute Gasteiger partial charge is 0.261 e. The molecule has 1 unspecified atom stereocenters. The van der Waals surface area contributed by atoms with E-state index in [-0.39, 0.29) is 27.1 Å². The van der Waals surface area contributed by atoms with Gasteiger partial charge >= 0.3 is 0 Å². The van der Waals surface area contributed by atoms with Gasteiger partial charge in [-0.05, 0) is 42.1 Å². The minimum Gasteiger partial charge on any atom is -0.315 e. The first-order valence-corrected chi connectivity index (χ1v) is 12.2. The van der Waals surface area contributed by atoms with Gasteiger partial charge in [0.25, 0.3) is 10.0 Å². The summed E-state index contributed by atoms with van der Waals surface area (Å²) in [6.07, 6.45) is 2.47. The van der Waals surface area contributed by atoms with Crippen LogP contribution in [0.4, 0.5) is 10.1 Å². The van der Waals surface area contributed by atoms with Gasteiger partial charge in [-0.15, -0.1) is 10.2 Å². The maximum absolute atomic E-state index is 14.3. The minimum atomic E-state index is -3.98. The molecule has 0 bridgehead atoms. The summed E-state index contributed by atoms with van der Waals surface area (Å²) in [6, 6.07) is 9.20. The maximum Gasteiger partial charge on any atom is 0.261 e. The van der Waals surface area contributed by atoms with Gasteiger partial charge in [0.15, 0.2) is 5.82 Å². The number of anilines is 1. The summed E-state index contributed by atoms with van der Waals surface area (Å²) in [7, 11) is -3.98. The quantitative estimate of drug-likeness (QED) is 0.569. The maximum atomic E-state index is 14.3. The molecule has 10 heteroatoms. The van der Waals surface area contributed by atoms with Crippen molar-refractivity contribution in [2.75, 3.05) is 17.8 Å². The predicted molar refractivity (Wildman–Crippen MR) is 123 cm³/mol. The number of rotatable bonds is 5. The molecule has 2 aromatic carbocycles. The van der Waals surface area contributed by atoms with Crippen molar-refractivity contribution >= 4 is 27.3 Å². The standard InChI is InChI=1S/C22H25ClFN5O2S/c1-22(2,3)14-4-6-16(7-5-14)32(30,31)28-20-11-19(24)18(23)10-17(20)21-27-26-13-29(21)15-8-9-25-12-15/h4-7,10-11,13,15,25,28H,8-9,12H2,1-3H3. The first-order chi connectivity index (χ1) is 15.1. The molecule has 32 heavy (non-hydrogen) atoms. The lowest BCUT2D eigenvalue weighted by atomic mass is 9.87. The van der Waals surface area contributed by atoms with Gasteiger partial charge in [-0.3, -0.25) is 4.72 Å². The van der Waals surface area contributed by atoms with Crippen LogP contribution in [0.1, 0.15) is 38.8 Å². The predicted octanol–water partition coefficient (Wildman–Crippen LogP) is 4.37. The molecule has 7 nitrogen and oxygen atoms in total. The average Bonchev–Trinajstić information content (AvgIpc) is 3.41. The van der Waals surface area contributed by atoms with Gasteiger partial charge < -0.3 is 9.88 Å². The van der Waals surface area contributed by atoms with Crippen molar-refractivity contribution in [2.24, 2.45) is 0 Å². The normalized spacial score (nSPS) is 17.0. The van der Waals surface area contributed by atoms with E-state index in [1.165, 1.54) is 6.07 Å². The third-order valence-corrected chi connectivity index (χ3v) is 7.25. The first kappa shape index (κ1) is 22.7. The zero-order valence-corrected chi connectivity index (χ0v) is 19.6. The van der Waals surface area contributed by atoms with E-state index in [9.17, 15) is 12.8 Å². The van der Waals surface area contributed by atoms with Gasteiger partial charge in [-0.1, -0.05) is 44.5 Å². The van der Waals surface area contributed by atoms with Gasteiger partial charge in [0.2, 0.25) is 0 Å². The van der Waals surface area contributed by atoms with Crippen LogP contribution in [0, 0.1) is 5.82 Å². The Bertz CT molecular complexity index is 1230. The number of halogens is 2. The van der Waals surface area contributed by atoms with E-state index in [1.54, 1.807) is 30.6 Å². The van der Waals surface area contributed by atoms with E-state index in [0.29, 0.717) is 11.4 Å². The molecule has 170 valence electrons. The highest BCUT2D eigenvalue weighted by Gasteiger charge is 2.25. The lowest BCUT2D eigenvalue weighted by Gasteiger charge is -2.19. The molecule has 1 aliphatic rings. The van der Waals surface area contributed by atoms with E-state index in [2.05, 4.69) is 20.2 Å². The Balaban J connectivity index is 1.73.